The van der Waals surface area contributed by atoms with Crippen LogP contribution in [0.2, 0.25) is 0 Å². The van der Waals surface area contributed by atoms with Gasteiger partial charge < -0.3 is 61.6 Å². The third-order valence-electron chi connectivity index (χ3n) is 21.9. The molecule has 0 aliphatic heterocycles. The fraction of sp³-hybridized carbons (Fsp3) is 0.904. The number of hydrogen-bond donors (Lipinski definition) is 0. The number of esters is 6. The number of ether oxygens (including phenoxy) is 13. The van der Waals surface area contributed by atoms with E-state index in [1.165, 1.54) is 59.2 Å². The normalized spacial score (nSPS) is 27.4. The second kappa shape index (κ2) is 45.4. The Balaban J connectivity index is 0.780. The van der Waals surface area contributed by atoms with E-state index in [2.05, 4.69) is 0 Å². The van der Waals surface area contributed by atoms with E-state index in [0.29, 0.717) is 145 Å². The summed E-state index contributed by atoms with van der Waals surface area (Å²) in [6.07, 6.45) is 31.9. The van der Waals surface area contributed by atoms with Crippen LogP contribution in [0, 0.1) is 76.4 Å². The second-order valence-corrected chi connectivity index (χ2v) is 28.8. The molecular weight excluding hydrogens is 1200 g/mol. The molecule has 0 bridgehead atoms. The zero-order valence-electron chi connectivity index (χ0n) is 57.7. The summed E-state index contributed by atoms with van der Waals surface area (Å²) in [5.74, 6) is 4.91. The Bertz CT molecular complexity index is 2090. The molecule has 0 amide bonds. The summed E-state index contributed by atoms with van der Waals surface area (Å²) < 4.78 is 70.7. The lowest BCUT2D eigenvalue weighted by atomic mass is 9.72. The summed E-state index contributed by atoms with van der Waals surface area (Å²) in [6, 6.07) is 0. The van der Waals surface area contributed by atoms with Gasteiger partial charge in [0.1, 0.15) is 39.6 Å². The van der Waals surface area contributed by atoms with Crippen LogP contribution in [0.25, 0.3) is 0 Å². The summed E-state index contributed by atoms with van der Waals surface area (Å²) in [5.41, 5.74) is -0.699. The Labute approximate surface area is 557 Å². The highest BCUT2D eigenvalue weighted by Gasteiger charge is 2.36. The van der Waals surface area contributed by atoms with Crippen LogP contribution in [0.5, 0.6) is 0 Å². The highest BCUT2D eigenvalue weighted by molar-refractivity contribution is 5.71. The quantitative estimate of drug-likeness (QED) is 0.0313. The molecule has 20 nitrogen and oxygen atoms in total. The van der Waals surface area contributed by atoms with Crippen molar-refractivity contribution in [1.82, 2.24) is 0 Å². The van der Waals surface area contributed by atoms with E-state index in [-0.39, 0.29) is 93.9 Å². The molecule has 6 aliphatic rings. The minimum Gasteiger partial charge on any atom is -0.469 e. The van der Waals surface area contributed by atoms with E-state index in [0.717, 1.165) is 140 Å². The van der Waals surface area contributed by atoms with Gasteiger partial charge in [0, 0.05) is 45.6 Å². The Morgan fingerprint density at radius 2 is 0.505 bits per heavy atom. The van der Waals surface area contributed by atoms with Gasteiger partial charge in [0.25, 0.3) is 0 Å². The zero-order valence-corrected chi connectivity index (χ0v) is 57.7. The fourth-order valence-electron chi connectivity index (χ4n) is 15.9. The third kappa shape index (κ3) is 32.7. The molecule has 1 unspecified atom stereocenters. The first-order valence-corrected chi connectivity index (χ1v) is 36.6. The SMILES string of the molecule is CCC(COCCOCCOCCOCCOC)(COC(=O)CC1CCC(CC2CCC(CC(=O)OC)CC2)CC1)COC(=O)CC1CCC(CC2CCC(CC(=O)OCCOC(=O)OCCOC(=O)CC3CCC(CC4CCC(CC(=O)OC)CC4)CC3)CC2)CC1. The molecule has 0 saturated heterocycles. The van der Waals surface area contributed by atoms with Gasteiger partial charge in [-0.2, -0.15) is 0 Å². The van der Waals surface area contributed by atoms with Crippen molar-refractivity contribution < 1.29 is 95.1 Å². The molecule has 20 heteroatoms. The van der Waals surface area contributed by atoms with Crippen LogP contribution in [0.15, 0.2) is 0 Å². The molecule has 1 atom stereocenters. The third-order valence-corrected chi connectivity index (χ3v) is 21.9. The van der Waals surface area contributed by atoms with E-state index in [1.54, 1.807) is 7.11 Å². The van der Waals surface area contributed by atoms with Gasteiger partial charge in [0.05, 0.1) is 79.1 Å². The standard InChI is InChI=1S/C73H122O20/c1-5-73(51-87-37-36-86-35-34-85-33-32-84-31-30-81-2,52-92-70(78)49-64-26-14-58(15-27-64)43-55-8-20-61(21-9-55)46-67(75)83-4)53-93-71(79)50-65-28-16-59(17-29-65)44-57-12-24-63(25-13-57)48-69(77)89-39-41-91-72(80)90-40-38-88-68(76)47-62-22-10-56(11-23-62)42-54-6-18-60(19-7-54)45-66(74)82-3/h54-65H,5-53H2,1-4H3. The van der Waals surface area contributed by atoms with Crippen LogP contribution in [-0.2, 0) is 90.3 Å². The van der Waals surface area contributed by atoms with Gasteiger partial charge in [-0.3, -0.25) is 28.8 Å². The predicted molar refractivity (Wildman–Crippen MR) is 347 cm³/mol. The highest BCUT2D eigenvalue weighted by Crippen LogP contribution is 2.43. The van der Waals surface area contributed by atoms with Gasteiger partial charge in [-0.05, 0) is 174 Å². The number of rotatable bonds is 43. The van der Waals surface area contributed by atoms with Gasteiger partial charge in [-0.1, -0.05) is 84.0 Å². The summed E-state index contributed by atoms with van der Waals surface area (Å²) in [7, 11) is 4.56. The van der Waals surface area contributed by atoms with Crippen molar-refractivity contribution in [2.24, 2.45) is 76.4 Å². The maximum absolute atomic E-state index is 13.5. The molecule has 0 aromatic rings. The predicted octanol–water partition coefficient (Wildman–Crippen LogP) is 13.1. The topological polar surface area (TPSA) is 239 Å². The van der Waals surface area contributed by atoms with Crippen molar-refractivity contribution in [2.45, 2.75) is 225 Å². The van der Waals surface area contributed by atoms with Crippen LogP contribution in [0.1, 0.15) is 225 Å². The summed E-state index contributed by atoms with van der Waals surface area (Å²) >= 11 is 0. The average Bonchev–Trinajstić information content (AvgIpc) is 2.10. The van der Waals surface area contributed by atoms with Crippen molar-refractivity contribution in [3.63, 3.8) is 0 Å². The van der Waals surface area contributed by atoms with Crippen LogP contribution >= 0.6 is 0 Å². The Hall–Kier alpha value is -4.11. The number of hydrogen-bond acceptors (Lipinski definition) is 20. The maximum Gasteiger partial charge on any atom is 0.508 e. The van der Waals surface area contributed by atoms with Gasteiger partial charge in [0.2, 0.25) is 0 Å². The first-order valence-electron chi connectivity index (χ1n) is 36.6. The maximum atomic E-state index is 13.5. The molecule has 6 aliphatic carbocycles. The molecule has 6 rings (SSSR count). The lowest BCUT2D eigenvalue weighted by Gasteiger charge is -2.34. The molecule has 93 heavy (non-hydrogen) atoms. The smallest absolute Gasteiger partial charge is 0.469 e. The van der Waals surface area contributed by atoms with Crippen molar-refractivity contribution in [3.05, 3.63) is 0 Å². The minimum absolute atomic E-state index is 0.0412. The van der Waals surface area contributed by atoms with E-state index in [4.69, 9.17) is 61.6 Å². The largest absolute Gasteiger partial charge is 0.508 e. The average molecular weight is 1320 g/mol. The first kappa shape index (κ1) is 77.9. The van der Waals surface area contributed by atoms with E-state index >= 15 is 0 Å². The van der Waals surface area contributed by atoms with Crippen LogP contribution in [-0.4, -0.2) is 162 Å². The van der Waals surface area contributed by atoms with Gasteiger partial charge in [-0.15, -0.1) is 0 Å². The molecule has 534 valence electrons. The van der Waals surface area contributed by atoms with Crippen LogP contribution < -0.4 is 0 Å². The zero-order chi connectivity index (χ0) is 66.3. The van der Waals surface area contributed by atoms with Crippen LogP contribution in [0.3, 0.4) is 0 Å². The molecule has 0 N–H and O–H groups in total. The van der Waals surface area contributed by atoms with Crippen LogP contribution in [0.4, 0.5) is 4.79 Å². The lowest BCUT2D eigenvalue weighted by molar-refractivity contribution is -0.160. The Kier molecular flexibility index (Phi) is 38.0. The molecule has 0 aromatic carbocycles. The molecule has 6 saturated carbocycles. The van der Waals surface area contributed by atoms with Crippen molar-refractivity contribution >= 4 is 42.0 Å². The second-order valence-electron chi connectivity index (χ2n) is 28.8. The Morgan fingerprint density at radius 1 is 0.269 bits per heavy atom. The lowest BCUT2D eigenvalue weighted by Crippen LogP contribution is -2.39. The molecule has 0 radical (unpaired) electrons. The van der Waals surface area contributed by atoms with Crippen molar-refractivity contribution in [1.29, 1.82) is 0 Å². The monoisotopic (exact) mass is 1320 g/mol. The van der Waals surface area contributed by atoms with Gasteiger partial charge in [-0.25, -0.2) is 4.79 Å². The number of carbonyl (C=O) groups excluding carboxylic acids is 7. The molecule has 0 aromatic heterocycles. The Morgan fingerprint density at radius 3 is 0.774 bits per heavy atom. The van der Waals surface area contributed by atoms with E-state index in [1.807, 2.05) is 6.92 Å². The molecule has 6 fully saturated rings. The summed E-state index contributed by atoms with van der Waals surface area (Å²) in [4.78, 5) is 87.8. The summed E-state index contributed by atoms with van der Waals surface area (Å²) in [6.45, 7) is 5.76. The minimum atomic E-state index is -0.899. The van der Waals surface area contributed by atoms with E-state index < -0.39 is 11.6 Å². The molecule has 0 spiro atoms. The summed E-state index contributed by atoms with van der Waals surface area (Å²) in [5, 5.41) is 0. The molecule has 0 heterocycles. The first-order chi connectivity index (χ1) is 45.2. The molecular formula is C73H122O20. The van der Waals surface area contributed by atoms with Crippen molar-refractivity contribution in [3.8, 4) is 0 Å². The van der Waals surface area contributed by atoms with Gasteiger partial charge >= 0.3 is 42.0 Å². The van der Waals surface area contributed by atoms with Gasteiger partial charge in [0.15, 0.2) is 0 Å². The van der Waals surface area contributed by atoms with Crippen molar-refractivity contribution in [2.75, 3.05) is 120 Å². The fourth-order valence-corrected chi connectivity index (χ4v) is 15.9. The highest BCUT2D eigenvalue weighted by atomic mass is 16.7. The number of methoxy groups -OCH3 is 3. The van der Waals surface area contributed by atoms with E-state index in [9.17, 15) is 33.6 Å². The number of carbonyl (C=O) groups is 7.